The summed E-state index contributed by atoms with van der Waals surface area (Å²) in [6, 6.07) is 0. The smallest absolute Gasteiger partial charge is 0.408 e. The Labute approximate surface area is 118 Å². The Kier molecular flexibility index (Phi) is 7.49. The lowest BCUT2D eigenvalue weighted by atomic mass is 10.2. The highest BCUT2D eigenvalue weighted by Crippen LogP contribution is 2.06. The first-order valence-corrected chi connectivity index (χ1v) is 6.30. The van der Waals surface area contributed by atoms with Crippen LogP contribution in [-0.4, -0.2) is 35.7 Å². The zero-order valence-electron chi connectivity index (χ0n) is 12.6. The van der Waals surface area contributed by atoms with E-state index in [9.17, 15) is 14.4 Å². The predicted molar refractivity (Wildman–Crippen MR) is 73.4 cm³/mol. The SMILES string of the molecule is CC(C)=NOC(=O)CCC(=O)CNC(=O)OC(C)(C)C. The number of oxime groups is 1. The number of Topliss-reactive ketones (excluding diaryl/α,β-unsaturated/α-hetero) is 1. The normalized spacial score (nSPS) is 10.4. The Morgan fingerprint density at radius 2 is 1.70 bits per heavy atom. The van der Waals surface area contributed by atoms with Gasteiger partial charge in [0.2, 0.25) is 0 Å². The van der Waals surface area contributed by atoms with Crippen LogP contribution < -0.4 is 5.32 Å². The number of hydrogen-bond acceptors (Lipinski definition) is 6. The third-order valence-corrected chi connectivity index (χ3v) is 1.77. The van der Waals surface area contributed by atoms with Gasteiger partial charge >= 0.3 is 12.1 Å². The number of nitrogens with one attached hydrogen (secondary N) is 1. The summed E-state index contributed by atoms with van der Waals surface area (Å²) >= 11 is 0. The van der Waals surface area contributed by atoms with Crippen molar-refractivity contribution in [2.45, 2.75) is 53.1 Å². The number of ether oxygens (including phenoxy) is 1. The van der Waals surface area contributed by atoms with Crippen LogP contribution >= 0.6 is 0 Å². The van der Waals surface area contributed by atoms with Crippen molar-refractivity contribution >= 4 is 23.6 Å². The topological polar surface area (TPSA) is 94.1 Å². The summed E-state index contributed by atoms with van der Waals surface area (Å²) in [4.78, 5) is 38.4. The van der Waals surface area contributed by atoms with Crippen LogP contribution in [0.5, 0.6) is 0 Å². The highest BCUT2D eigenvalue weighted by molar-refractivity contribution is 5.87. The van der Waals surface area contributed by atoms with Gasteiger partial charge in [-0.25, -0.2) is 9.59 Å². The fraction of sp³-hybridized carbons (Fsp3) is 0.692. The second-order valence-electron chi connectivity index (χ2n) is 5.40. The first kappa shape index (κ1) is 18.1. The fourth-order valence-electron chi connectivity index (χ4n) is 1.00. The van der Waals surface area contributed by atoms with Crippen molar-refractivity contribution in [3.63, 3.8) is 0 Å². The maximum absolute atomic E-state index is 11.4. The van der Waals surface area contributed by atoms with Gasteiger partial charge in [-0.2, -0.15) is 0 Å². The molecular weight excluding hydrogens is 264 g/mol. The third-order valence-electron chi connectivity index (χ3n) is 1.77. The number of ketones is 1. The predicted octanol–water partition coefficient (Wildman–Crippen LogP) is 1.80. The number of carbonyl (C=O) groups is 3. The van der Waals surface area contributed by atoms with Crippen LogP contribution in [0.4, 0.5) is 4.79 Å². The Morgan fingerprint density at radius 3 is 2.20 bits per heavy atom. The summed E-state index contributed by atoms with van der Waals surface area (Å²) in [6.07, 6.45) is -0.766. The lowest BCUT2D eigenvalue weighted by Crippen LogP contribution is -2.35. The molecule has 0 unspecified atom stereocenters. The summed E-state index contributed by atoms with van der Waals surface area (Å²) in [7, 11) is 0. The Hall–Kier alpha value is -1.92. The lowest BCUT2D eigenvalue weighted by Gasteiger charge is -2.19. The van der Waals surface area contributed by atoms with Gasteiger partial charge in [-0.3, -0.25) is 4.79 Å². The molecule has 1 N–H and O–H groups in total. The largest absolute Gasteiger partial charge is 0.444 e. The third kappa shape index (κ3) is 11.2. The van der Waals surface area contributed by atoms with Crippen LogP contribution in [0.1, 0.15) is 47.5 Å². The molecule has 0 aromatic heterocycles. The molecule has 114 valence electrons. The molecule has 0 saturated heterocycles. The lowest BCUT2D eigenvalue weighted by molar-refractivity contribution is -0.144. The van der Waals surface area contributed by atoms with Gasteiger partial charge in [0.25, 0.3) is 0 Å². The molecule has 7 heteroatoms. The average Bonchev–Trinajstić information content (AvgIpc) is 2.29. The van der Waals surface area contributed by atoms with Crippen LogP contribution in [-0.2, 0) is 19.2 Å². The Balaban J connectivity index is 3.87. The molecule has 7 nitrogen and oxygen atoms in total. The first-order chi connectivity index (χ1) is 9.10. The van der Waals surface area contributed by atoms with Gasteiger partial charge in [-0.15, -0.1) is 0 Å². The van der Waals surface area contributed by atoms with Gasteiger partial charge in [0.05, 0.1) is 18.7 Å². The van der Waals surface area contributed by atoms with E-state index in [1.165, 1.54) is 0 Å². The van der Waals surface area contributed by atoms with Crippen molar-refractivity contribution in [3.8, 4) is 0 Å². The van der Waals surface area contributed by atoms with Gasteiger partial charge in [0, 0.05) is 6.42 Å². The zero-order chi connectivity index (χ0) is 15.8. The second kappa shape index (κ2) is 8.29. The van der Waals surface area contributed by atoms with Crippen LogP contribution in [0.2, 0.25) is 0 Å². The first-order valence-electron chi connectivity index (χ1n) is 6.30. The van der Waals surface area contributed by atoms with Crippen LogP contribution in [0.25, 0.3) is 0 Å². The molecule has 0 spiro atoms. The van der Waals surface area contributed by atoms with E-state index in [0.717, 1.165) is 0 Å². The van der Waals surface area contributed by atoms with Gasteiger partial charge in [0.1, 0.15) is 5.60 Å². The molecule has 0 saturated carbocycles. The van der Waals surface area contributed by atoms with Gasteiger partial charge in [-0.1, -0.05) is 5.16 Å². The maximum atomic E-state index is 11.4. The van der Waals surface area contributed by atoms with E-state index < -0.39 is 17.7 Å². The highest BCUT2D eigenvalue weighted by Gasteiger charge is 2.16. The number of nitrogens with zero attached hydrogens (tertiary/aromatic N) is 1. The van der Waals surface area contributed by atoms with Gasteiger partial charge in [0.15, 0.2) is 5.78 Å². The molecule has 0 aliphatic heterocycles. The molecule has 0 aromatic rings. The number of hydrogen-bond donors (Lipinski definition) is 1. The molecule has 20 heavy (non-hydrogen) atoms. The summed E-state index contributed by atoms with van der Waals surface area (Å²) in [6.45, 7) is 8.35. The quantitative estimate of drug-likeness (QED) is 0.456. The van der Waals surface area contributed by atoms with Crippen molar-refractivity contribution in [1.82, 2.24) is 5.32 Å². The molecule has 1 amide bonds. The van der Waals surface area contributed by atoms with E-state index in [2.05, 4.69) is 15.3 Å². The summed E-state index contributed by atoms with van der Waals surface area (Å²) in [5.74, 6) is -0.873. The van der Waals surface area contributed by atoms with E-state index in [1.54, 1.807) is 34.6 Å². The Morgan fingerprint density at radius 1 is 1.10 bits per heavy atom. The number of carbonyl (C=O) groups excluding carboxylic acids is 3. The van der Waals surface area contributed by atoms with Crippen molar-refractivity contribution in [3.05, 3.63) is 0 Å². The van der Waals surface area contributed by atoms with E-state index in [-0.39, 0.29) is 25.2 Å². The molecule has 0 aromatic carbocycles. The molecular formula is C13H22N2O5. The molecule has 0 aliphatic carbocycles. The monoisotopic (exact) mass is 286 g/mol. The van der Waals surface area contributed by atoms with Crippen LogP contribution in [0.15, 0.2) is 5.16 Å². The zero-order valence-corrected chi connectivity index (χ0v) is 12.6. The fourth-order valence-corrected chi connectivity index (χ4v) is 1.00. The maximum Gasteiger partial charge on any atom is 0.408 e. The standard InChI is InChI=1S/C13H22N2O5/c1-9(2)15-20-11(17)7-6-10(16)8-14-12(18)19-13(3,4)5/h6-8H2,1-5H3,(H,14,18). The minimum absolute atomic E-state index is 0.0209. The van der Waals surface area contributed by atoms with Crippen molar-refractivity contribution in [1.29, 1.82) is 0 Å². The van der Waals surface area contributed by atoms with Crippen LogP contribution in [0.3, 0.4) is 0 Å². The van der Waals surface area contributed by atoms with Crippen LogP contribution in [0, 0.1) is 0 Å². The number of amides is 1. The van der Waals surface area contributed by atoms with Crippen molar-refractivity contribution < 1.29 is 24.0 Å². The molecule has 0 aliphatic rings. The average molecular weight is 286 g/mol. The molecule has 0 atom stereocenters. The van der Waals surface area contributed by atoms with Crippen molar-refractivity contribution in [2.75, 3.05) is 6.54 Å². The van der Waals surface area contributed by atoms with E-state index in [0.29, 0.717) is 5.71 Å². The minimum Gasteiger partial charge on any atom is -0.444 e. The van der Waals surface area contributed by atoms with E-state index in [4.69, 9.17) is 4.74 Å². The number of rotatable bonds is 6. The highest BCUT2D eigenvalue weighted by atomic mass is 16.7. The summed E-state index contributed by atoms with van der Waals surface area (Å²) < 4.78 is 4.97. The molecule has 0 heterocycles. The minimum atomic E-state index is -0.667. The molecule has 0 rings (SSSR count). The molecule has 0 bridgehead atoms. The molecule has 0 radical (unpaired) electrons. The number of alkyl carbamates (subject to hydrolysis) is 1. The van der Waals surface area contributed by atoms with Gasteiger partial charge in [-0.05, 0) is 34.6 Å². The van der Waals surface area contributed by atoms with E-state index in [1.807, 2.05) is 0 Å². The summed E-state index contributed by atoms with van der Waals surface area (Å²) in [5.41, 5.74) is -0.0104. The van der Waals surface area contributed by atoms with E-state index >= 15 is 0 Å². The summed E-state index contributed by atoms with van der Waals surface area (Å²) in [5, 5.41) is 5.81. The Bertz CT molecular complexity index is 392. The molecule has 0 fully saturated rings. The van der Waals surface area contributed by atoms with Crippen molar-refractivity contribution in [2.24, 2.45) is 5.16 Å². The second-order valence-corrected chi connectivity index (χ2v) is 5.40. The van der Waals surface area contributed by atoms with Gasteiger partial charge < -0.3 is 14.9 Å².